The van der Waals surface area contributed by atoms with E-state index in [0.29, 0.717) is 11.2 Å². The van der Waals surface area contributed by atoms with E-state index in [1.807, 2.05) is 0 Å². The van der Waals surface area contributed by atoms with E-state index in [4.69, 9.17) is 9.68 Å². The van der Waals surface area contributed by atoms with Crippen molar-refractivity contribution in [1.82, 2.24) is 19.7 Å². The zero-order valence-corrected chi connectivity index (χ0v) is 13.6. The van der Waals surface area contributed by atoms with Crippen LogP contribution in [0.1, 0.15) is 17.0 Å². The maximum absolute atomic E-state index is 13.4. The van der Waals surface area contributed by atoms with E-state index in [0.717, 1.165) is 6.07 Å². The molecule has 0 amide bonds. The highest BCUT2D eigenvalue weighted by Crippen LogP contribution is 2.37. The molecule has 4 aromatic rings. The number of halogens is 3. The number of benzene rings is 1. The summed E-state index contributed by atoms with van der Waals surface area (Å²) >= 11 is 0. The summed E-state index contributed by atoms with van der Waals surface area (Å²) in [6.45, 7) is 0.0898. The topological polar surface area (TPSA) is 80.5 Å². The van der Waals surface area contributed by atoms with Gasteiger partial charge in [0, 0.05) is 23.3 Å². The summed E-state index contributed by atoms with van der Waals surface area (Å²) in [5.74, 6) is 0.455. The molecule has 0 N–H and O–H groups in total. The number of nitriles is 1. The van der Waals surface area contributed by atoms with Crippen molar-refractivity contribution in [2.45, 2.75) is 12.7 Å². The number of nitrogens with zero attached hydrogens (tertiary/aromatic N) is 5. The quantitative estimate of drug-likeness (QED) is 0.545. The van der Waals surface area contributed by atoms with Gasteiger partial charge in [0.1, 0.15) is 12.2 Å². The highest BCUT2D eigenvalue weighted by molar-refractivity contribution is 5.86. The fourth-order valence-corrected chi connectivity index (χ4v) is 2.86. The third-order valence-electron chi connectivity index (χ3n) is 4.01. The van der Waals surface area contributed by atoms with Gasteiger partial charge in [0.2, 0.25) is 5.89 Å². The molecule has 0 aliphatic carbocycles. The van der Waals surface area contributed by atoms with Crippen molar-refractivity contribution in [3.8, 4) is 17.7 Å². The first kappa shape index (κ1) is 16.8. The molecule has 0 spiro atoms. The van der Waals surface area contributed by atoms with Crippen molar-refractivity contribution in [2.75, 3.05) is 0 Å². The standard InChI is InChI=1S/C18H10F3N5O/c19-18(20,21)16-11(9-22)4-5-14-12(16)6-8-26(14)10-15-24-25-17(27-15)13-3-1-2-7-23-13/h1-8H,10H2. The van der Waals surface area contributed by atoms with Crippen molar-refractivity contribution < 1.29 is 17.6 Å². The molecule has 0 bridgehead atoms. The van der Waals surface area contributed by atoms with Crippen LogP contribution in [0.5, 0.6) is 0 Å². The Morgan fingerprint density at radius 3 is 2.67 bits per heavy atom. The van der Waals surface area contributed by atoms with Crippen LogP contribution in [0.2, 0.25) is 0 Å². The molecule has 0 fully saturated rings. The van der Waals surface area contributed by atoms with E-state index in [9.17, 15) is 13.2 Å². The minimum absolute atomic E-state index is 0.0500. The Morgan fingerprint density at radius 2 is 1.96 bits per heavy atom. The minimum Gasteiger partial charge on any atom is -0.417 e. The molecule has 6 nitrogen and oxygen atoms in total. The summed E-state index contributed by atoms with van der Waals surface area (Å²) < 4.78 is 47.3. The van der Waals surface area contributed by atoms with Crippen LogP contribution >= 0.6 is 0 Å². The highest BCUT2D eigenvalue weighted by Gasteiger charge is 2.36. The molecule has 0 aliphatic rings. The van der Waals surface area contributed by atoms with E-state index in [2.05, 4.69) is 15.2 Å². The zero-order chi connectivity index (χ0) is 19.0. The van der Waals surface area contributed by atoms with Crippen molar-refractivity contribution in [1.29, 1.82) is 5.26 Å². The van der Waals surface area contributed by atoms with Crippen molar-refractivity contribution in [3.05, 3.63) is 65.8 Å². The van der Waals surface area contributed by atoms with Gasteiger partial charge in [0.25, 0.3) is 5.89 Å². The van der Waals surface area contributed by atoms with Gasteiger partial charge in [0.15, 0.2) is 0 Å². The molecule has 0 aliphatic heterocycles. The first-order chi connectivity index (χ1) is 13.0. The Balaban J connectivity index is 1.72. The fraction of sp³-hybridized carbons (Fsp3) is 0.111. The maximum Gasteiger partial charge on any atom is 0.418 e. The second kappa shape index (κ2) is 6.25. The van der Waals surface area contributed by atoms with E-state index in [1.54, 1.807) is 35.0 Å². The van der Waals surface area contributed by atoms with Crippen molar-refractivity contribution in [3.63, 3.8) is 0 Å². The van der Waals surface area contributed by atoms with Gasteiger partial charge < -0.3 is 8.98 Å². The van der Waals surface area contributed by atoms with Gasteiger partial charge in [-0.05, 0) is 30.3 Å². The number of alkyl halides is 3. The summed E-state index contributed by atoms with van der Waals surface area (Å²) in [5, 5.41) is 16.8. The lowest BCUT2D eigenvalue weighted by molar-refractivity contribution is -0.136. The van der Waals surface area contributed by atoms with Crippen LogP contribution in [0.3, 0.4) is 0 Å². The normalized spacial score (nSPS) is 11.6. The van der Waals surface area contributed by atoms with Gasteiger partial charge in [-0.2, -0.15) is 18.4 Å². The van der Waals surface area contributed by atoms with E-state index >= 15 is 0 Å². The van der Waals surface area contributed by atoms with Crippen LogP contribution in [0.25, 0.3) is 22.5 Å². The lowest BCUT2D eigenvalue weighted by Gasteiger charge is -2.11. The second-order valence-corrected chi connectivity index (χ2v) is 5.69. The molecular formula is C18H10F3N5O. The number of hydrogen-bond donors (Lipinski definition) is 0. The molecular weight excluding hydrogens is 359 g/mol. The molecule has 0 saturated heterocycles. The van der Waals surface area contributed by atoms with Crippen LogP contribution in [-0.2, 0) is 12.7 Å². The summed E-state index contributed by atoms with van der Waals surface area (Å²) in [6, 6.07) is 10.8. The van der Waals surface area contributed by atoms with Crippen LogP contribution in [0.15, 0.2) is 53.2 Å². The van der Waals surface area contributed by atoms with Crippen molar-refractivity contribution in [2.24, 2.45) is 0 Å². The van der Waals surface area contributed by atoms with E-state index < -0.39 is 17.3 Å². The molecule has 0 atom stereocenters. The smallest absolute Gasteiger partial charge is 0.417 e. The number of pyridine rings is 1. The van der Waals surface area contributed by atoms with Gasteiger partial charge in [-0.1, -0.05) is 6.07 Å². The Bertz CT molecular complexity index is 1160. The Kier molecular flexibility index (Phi) is 3.88. The maximum atomic E-state index is 13.4. The van der Waals surface area contributed by atoms with Gasteiger partial charge in [-0.15, -0.1) is 10.2 Å². The van der Waals surface area contributed by atoms with Crippen LogP contribution in [0, 0.1) is 11.3 Å². The molecule has 134 valence electrons. The summed E-state index contributed by atoms with van der Waals surface area (Å²) in [5.41, 5.74) is -0.533. The van der Waals surface area contributed by atoms with E-state index in [1.165, 1.54) is 18.3 Å². The molecule has 0 unspecified atom stereocenters. The highest BCUT2D eigenvalue weighted by atomic mass is 19.4. The number of rotatable bonds is 3. The molecule has 27 heavy (non-hydrogen) atoms. The van der Waals surface area contributed by atoms with Gasteiger partial charge >= 0.3 is 6.18 Å². The monoisotopic (exact) mass is 369 g/mol. The third-order valence-corrected chi connectivity index (χ3v) is 4.01. The predicted octanol–water partition coefficient (Wildman–Crippen LogP) is 4.03. The SMILES string of the molecule is N#Cc1ccc2c(ccn2Cc2nnc(-c3ccccn3)o2)c1C(F)(F)F. The summed E-state index contributed by atoms with van der Waals surface area (Å²) in [6.07, 6.45) is -1.55. The average molecular weight is 369 g/mol. The lowest BCUT2D eigenvalue weighted by Crippen LogP contribution is -2.09. The molecule has 9 heteroatoms. The van der Waals surface area contributed by atoms with Gasteiger partial charge in [-0.3, -0.25) is 4.98 Å². The summed E-state index contributed by atoms with van der Waals surface area (Å²) in [4.78, 5) is 4.11. The average Bonchev–Trinajstić information content (AvgIpc) is 3.28. The molecule has 3 aromatic heterocycles. The zero-order valence-electron chi connectivity index (χ0n) is 13.6. The van der Waals surface area contributed by atoms with Crippen molar-refractivity contribution >= 4 is 10.9 Å². The Morgan fingerprint density at radius 1 is 1.11 bits per heavy atom. The predicted molar refractivity (Wildman–Crippen MR) is 88.3 cm³/mol. The Labute approximate surface area is 150 Å². The number of fused-ring (bicyclic) bond motifs is 1. The van der Waals surface area contributed by atoms with Crippen LogP contribution < -0.4 is 0 Å². The minimum atomic E-state index is -4.63. The van der Waals surface area contributed by atoms with Gasteiger partial charge in [-0.25, -0.2) is 0 Å². The molecule has 1 aromatic carbocycles. The van der Waals surface area contributed by atoms with Crippen LogP contribution in [0.4, 0.5) is 13.2 Å². The van der Waals surface area contributed by atoms with Crippen LogP contribution in [-0.4, -0.2) is 19.7 Å². The largest absolute Gasteiger partial charge is 0.418 e. The summed E-state index contributed by atoms with van der Waals surface area (Å²) in [7, 11) is 0. The number of hydrogen-bond acceptors (Lipinski definition) is 5. The number of aromatic nitrogens is 4. The lowest BCUT2D eigenvalue weighted by atomic mass is 10.0. The molecule has 4 rings (SSSR count). The van der Waals surface area contributed by atoms with E-state index in [-0.39, 0.29) is 23.7 Å². The molecule has 3 heterocycles. The fourth-order valence-electron chi connectivity index (χ4n) is 2.86. The third kappa shape index (κ3) is 3.01. The second-order valence-electron chi connectivity index (χ2n) is 5.69. The Hall–Kier alpha value is -3.67. The first-order valence-corrected chi connectivity index (χ1v) is 7.80. The van der Waals surface area contributed by atoms with Gasteiger partial charge in [0.05, 0.1) is 17.2 Å². The molecule has 0 saturated carbocycles. The molecule has 0 radical (unpaired) electrons. The first-order valence-electron chi connectivity index (χ1n) is 7.80.